The number of rotatable bonds is 5. The van der Waals surface area contributed by atoms with Crippen LogP contribution in [0.15, 0.2) is 188 Å². The number of aromatic nitrogens is 3. The highest BCUT2D eigenvalue weighted by atomic mass is 32.1. The molecule has 7 nitrogen and oxygen atoms in total. The molecule has 58 heavy (non-hydrogen) atoms. The monoisotopic (exact) mass is 765 g/mol. The van der Waals surface area contributed by atoms with Crippen LogP contribution in [-0.4, -0.2) is 14.5 Å². The number of hydrogen-bond donors (Lipinski definition) is 0. The Labute approximate surface area is 337 Å². The highest BCUT2D eigenvalue weighted by Gasteiger charge is 2.27. The van der Waals surface area contributed by atoms with Crippen molar-refractivity contribution in [3.63, 3.8) is 0 Å². The zero-order valence-electron chi connectivity index (χ0n) is 30.9. The predicted molar refractivity (Wildman–Crippen MR) is 235 cm³/mol. The second-order valence-corrected chi connectivity index (χ2v) is 15.3. The molecular weight excluding hydrogens is 735 g/mol. The number of nitrogens with zero attached hydrogens (tertiary/aromatic N) is 5. The summed E-state index contributed by atoms with van der Waals surface area (Å²) in [6.07, 6.45) is 0. The van der Waals surface area contributed by atoms with Crippen molar-refractivity contribution in [1.29, 1.82) is 0 Å². The summed E-state index contributed by atoms with van der Waals surface area (Å²) in [7, 11) is 0. The Balaban J connectivity index is 0.915. The van der Waals surface area contributed by atoms with Gasteiger partial charge in [0.2, 0.25) is 0 Å². The third-order valence-corrected chi connectivity index (χ3v) is 11.9. The Morgan fingerprint density at radius 2 is 0.862 bits per heavy atom. The number of benzene rings is 8. The largest absolute Gasteiger partial charge is 0.453 e. The van der Waals surface area contributed by atoms with Crippen LogP contribution in [0.25, 0.3) is 48.9 Å². The lowest BCUT2D eigenvalue weighted by Gasteiger charge is -2.32. The first-order valence-electron chi connectivity index (χ1n) is 19.1. The van der Waals surface area contributed by atoms with Gasteiger partial charge < -0.3 is 19.3 Å². The number of anilines is 6. The highest BCUT2D eigenvalue weighted by Crippen LogP contribution is 2.52. The standard InChI is InChI=1S/C50H31N5O2S/c1-2-12-34(13-3-1)55-43-30-38-48(58-50(52-38)33-24-28-36(29-25-33)54-41-16-6-10-20-46(41)57-47-21-11-7-17-42(47)54)31-37(43)51-49(55)32-22-26-35(27-23-32)53-39-14-4-8-18-44(39)56-45-19-9-5-15-40(45)53/h1-31H. The summed E-state index contributed by atoms with van der Waals surface area (Å²) in [6.45, 7) is 0. The molecule has 2 aliphatic rings. The van der Waals surface area contributed by atoms with Crippen LogP contribution in [0.1, 0.15) is 0 Å². The zero-order valence-corrected chi connectivity index (χ0v) is 31.7. The van der Waals surface area contributed by atoms with Crippen LogP contribution < -0.4 is 19.3 Å². The molecule has 4 heterocycles. The fourth-order valence-electron chi connectivity index (χ4n) is 8.13. The minimum absolute atomic E-state index is 0.829. The molecule has 10 aromatic rings. The van der Waals surface area contributed by atoms with E-state index in [1.165, 1.54) is 0 Å². The van der Waals surface area contributed by atoms with Crippen LogP contribution in [0.5, 0.6) is 23.0 Å². The fourth-order valence-corrected chi connectivity index (χ4v) is 9.12. The van der Waals surface area contributed by atoms with Crippen LogP contribution in [0, 0.1) is 0 Å². The second kappa shape index (κ2) is 12.9. The number of hydrogen-bond acceptors (Lipinski definition) is 7. The molecule has 8 heteroatoms. The van der Waals surface area contributed by atoms with E-state index in [9.17, 15) is 0 Å². The number of para-hydroxylation sites is 9. The SMILES string of the molecule is c1ccc(-n2c(-c3ccc(N4c5ccccc5Oc5ccccc54)cc3)nc3cc4sc(-c5ccc(N6c7ccccc7Oc7ccccc76)cc5)nc4cc32)cc1. The van der Waals surface area contributed by atoms with E-state index in [0.717, 1.165) is 106 Å². The van der Waals surface area contributed by atoms with E-state index in [0.29, 0.717) is 0 Å². The van der Waals surface area contributed by atoms with Crippen LogP contribution in [0.2, 0.25) is 0 Å². The van der Waals surface area contributed by atoms with Gasteiger partial charge in [-0.2, -0.15) is 0 Å². The first-order valence-corrected chi connectivity index (χ1v) is 20.0. The predicted octanol–water partition coefficient (Wildman–Crippen LogP) is 14.1. The van der Waals surface area contributed by atoms with Gasteiger partial charge in [0.25, 0.3) is 0 Å². The molecular formula is C50H31N5O2S. The normalized spacial score (nSPS) is 12.7. The van der Waals surface area contributed by atoms with Gasteiger partial charge >= 0.3 is 0 Å². The molecule has 0 radical (unpaired) electrons. The van der Waals surface area contributed by atoms with E-state index < -0.39 is 0 Å². The Morgan fingerprint density at radius 3 is 1.38 bits per heavy atom. The van der Waals surface area contributed by atoms with Crippen molar-refractivity contribution in [1.82, 2.24) is 14.5 Å². The number of thiazole rings is 1. The second-order valence-electron chi connectivity index (χ2n) is 14.3. The third-order valence-electron chi connectivity index (χ3n) is 10.8. The van der Waals surface area contributed by atoms with Gasteiger partial charge in [0.1, 0.15) is 10.8 Å². The smallest absolute Gasteiger partial charge is 0.151 e. The molecule has 0 saturated carbocycles. The highest BCUT2D eigenvalue weighted by molar-refractivity contribution is 7.21. The van der Waals surface area contributed by atoms with Gasteiger partial charge in [0.15, 0.2) is 23.0 Å². The van der Waals surface area contributed by atoms with Crippen molar-refractivity contribution in [2.45, 2.75) is 0 Å². The first kappa shape index (κ1) is 32.6. The molecule has 0 spiro atoms. The summed E-state index contributed by atoms with van der Waals surface area (Å²) < 4.78 is 15.8. The van der Waals surface area contributed by atoms with Gasteiger partial charge in [0, 0.05) is 28.2 Å². The van der Waals surface area contributed by atoms with Crippen LogP contribution >= 0.6 is 11.3 Å². The molecule has 274 valence electrons. The van der Waals surface area contributed by atoms with Crippen LogP contribution in [-0.2, 0) is 0 Å². The molecule has 0 saturated heterocycles. The van der Waals surface area contributed by atoms with E-state index in [2.05, 4.69) is 124 Å². The van der Waals surface area contributed by atoms with Crippen LogP contribution in [0.4, 0.5) is 34.1 Å². The quantitative estimate of drug-likeness (QED) is 0.174. The minimum Gasteiger partial charge on any atom is -0.453 e. The molecule has 12 rings (SSSR count). The topological polar surface area (TPSA) is 55.7 Å². The van der Waals surface area contributed by atoms with E-state index in [-0.39, 0.29) is 0 Å². The molecule has 0 aliphatic carbocycles. The van der Waals surface area contributed by atoms with Crippen LogP contribution in [0.3, 0.4) is 0 Å². The summed E-state index contributed by atoms with van der Waals surface area (Å²) in [4.78, 5) is 15.0. The van der Waals surface area contributed by atoms with Crippen molar-refractivity contribution < 1.29 is 9.47 Å². The van der Waals surface area contributed by atoms with Crippen molar-refractivity contribution in [2.75, 3.05) is 9.80 Å². The summed E-state index contributed by atoms with van der Waals surface area (Å²) in [6, 6.07) is 64.7. The van der Waals surface area contributed by atoms with Gasteiger partial charge in [-0.25, -0.2) is 9.97 Å². The summed E-state index contributed by atoms with van der Waals surface area (Å²) in [5.74, 6) is 4.20. The summed E-state index contributed by atoms with van der Waals surface area (Å²) in [5, 5.41) is 0.963. The van der Waals surface area contributed by atoms with Gasteiger partial charge in [-0.3, -0.25) is 4.57 Å². The van der Waals surface area contributed by atoms with Gasteiger partial charge in [-0.15, -0.1) is 11.3 Å². The molecule has 0 amide bonds. The Hall–Kier alpha value is -7.68. The molecule has 0 atom stereocenters. The fraction of sp³-hybridized carbons (Fsp3) is 0. The lowest BCUT2D eigenvalue weighted by atomic mass is 10.1. The molecule has 0 bridgehead atoms. The molecule has 2 aliphatic heterocycles. The molecule has 0 fully saturated rings. The molecule has 2 aromatic heterocycles. The maximum absolute atomic E-state index is 6.26. The van der Waals surface area contributed by atoms with Crippen molar-refractivity contribution >= 4 is 66.7 Å². The van der Waals surface area contributed by atoms with Gasteiger partial charge in [0.05, 0.1) is 44.0 Å². The molecule has 0 unspecified atom stereocenters. The van der Waals surface area contributed by atoms with Crippen molar-refractivity contribution in [3.8, 4) is 50.6 Å². The van der Waals surface area contributed by atoms with E-state index in [1.807, 2.05) is 78.9 Å². The van der Waals surface area contributed by atoms with E-state index >= 15 is 0 Å². The summed E-state index contributed by atoms with van der Waals surface area (Å²) in [5.41, 5.74) is 12.1. The number of imidazole rings is 1. The molecule has 8 aromatic carbocycles. The lowest BCUT2D eigenvalue weighted by molar-refractivity contribution is 0.477. The minimum atomic E-state index is 0.829. The maximum atomic E-state index is 6.26. The Morgan fingerprint density at radius 1 is 0.397 bits per heavy atom. The van der Waals surface area contributed by atoms with Crippen molar-refractivity contribution in [3.05, 3.63) is 188 Å². The lowest BCUT2D eigenvalue weighted by Crippen LogP contribution is -2.15. The van der Waals surface area contributed by atoms with E-state index in [4.69, 9.17) is 19.4 Å². The van der Waals surface area contributed by atoms with Gasteiger partial charge in [-0.05, 0) is 121 Å². The van der Waals surface area contributed by atoms with Gasteiger partial charge in [-0.1, -0.05) is 66.7 Å². The molecule has 0 N–H and O–H groups in total. The average molecular weight is 766 g/mol. The number of ether oxygens (including phenoxy) is 2. The third kappa shape index (κ3) is 5.19. The zero-order chi connectivity index (χ0) is 38.2. The van der Waals surface area contributed by atoms with Crippen molar-refractivity contribution in [2.24, 2.45) is 0 Å². The maximum Gasteiger partial charge on any atom is 0.151 e. The Bertz CT molecular complexity index is 3100. The average Bonchev–Trinajstić information content (AvgIpc) is 3.88. The first-order chi connectivity index (χ1) is 28.7. The number of fused-ring (bicyclic) bond motifs is 6. The van der Waals surface area contributed by atoms with E-state index in [1.54, 1.807) is 11.3 Å². The Kier molecular flexibility index (Phi) is 7.26. The summed E-state index contributed by atoms with van der Waals surface area (Å²) >= 11 is 1.69.